The first kappa shape index (κ1) is 13.1. The van der Waals surface area contributed by atoms with Crippen LogP contribution in [0.25, 0.3) is 0 Å². The maximum absolute atomic E-state index is 9.29. The number of ether oxygens (including phenoxy) is 1. The largest absolute Gasteiger partial charge is 0.396 e. The van der Waals surface area contributed by atoms with E-state index in [4.69, 9.17) is 4.74 Å². The molecule has 1 spiro atoms. The fraction of sp³-hybridized carbons (Fsp3) is 0.647. The molecule has 0 radical (unpaired) electrons. The molecule has 1 saturated heterocycles. The molecule has 19 heavy (non-hydrogen) atoms. The molecule has 1 aromatic rings. The average molecular weight is 260 g/mol. The highest BCUT2D eigenvalue weighted by molar-refractivity contribution is 5.16. The van der Waals surface area contributed by atoms with Crippen LogP contribution in [0.2, 0.25) is 0 Å². The maximum atomic E-state index is 9.29. The van der Waals surface area contributed by atoms with Crippen LogP contribution in [0.1, 0.15) is 44.1 Å². The Kier molecular flexibility index (Phi) is 3.90. The lowest BCUT2D eigenvalue weighted by Gasteiger charge is -2.23. The topological polar surface area (TPSA) is 29.5 Å². The highest BCUT2D eigenvalue weighted by Gasteiger charge is 2.47. The van der Waals surface area contributed by atoms with E-state index in [0.29, 0.717) is 12.0 Å². The van der Waals surface area contributed by atoms with Crippen LogP contribution in [0.5, 0.6) is 0 Å². The molecule has 2 atom stereocenters. The zero-order chi connectivity index (χ0) is 13.1. The summed E-state index contributed by atoms with van der Waals surface area (Å²) in [5.41, 5.74) is 1.50. The molecular formula is C17H24O2. The molecule has 1 aromatic carbocycles. The Hall–Kier alpha value is -0.860. The molecule has 0 amide bonds. The number of aliphatic hydroxyl groups excluding tert-OH is 1. The minimum Gasteiger partial charge on any atom is -0.396 e. The molecule has 0 aromatic heterocycles. The van der Waals surface area contributed by atoms with Crippen molar-refractivity contribution in [2.24, 2.45) is 5.92 Å². The Morgan fingerprint density at radius 3 is 2.58 bits per heavy atom. The fourth-order valence-electron chi connectivity index (χ4n) is 3.92. The summed E-state index contributed by atoms with van der Waals surface area (Å²) in [7, 11) is 0. The van der Waals surface area contributed by atoms with Gasteiger partial charge in [0.05, 0.1) is 11.7 Å². The third-order valence-corrected chi connectivity index (χ3v) is 4.86. The second kappa shape index (κ2) is 5.64. The summed E-state index contributed by atoms with van der Waals surface area (Å²) in [6.07, 6.45) is 8.40. The van der Waals surface area contributed by atoms with Crippen LogP contribution >= 0.6 is 0 Å². The first-order valence-electron chi connectivity index (χ1n) is 7.64. The Morgan fingerprint density at radius 2 is 1.89 bits per heavy atom. The van der Waals surface area contributed by atoms with E-state index in [2.05, 4.69) is 30.3 Å². The Bertz CT molecular complexity index is 395. The Morgan fingerprint density at radius 1 is 1.16 bits per heavy atom. The van der Waals surface area contributed by atoms with Crippen molar-refractivity contribution in [1.29, 1.82) is 0 Å². The molecule has 0 unspecified atom stereocenters. The summed E-state index contributed by atoms with van der Waals surface area (Å²) in [5.74, 6) is 0.531. The van der Waals surface area contributed by atoms with Crippen molar-refractivity contribution in [2.75, 3.05) is 6.61 Å². The third-order valence-electron chi connectivity index (χ3n) is 4.86. The number of hydrogen-bond donors (Lipinski definition) is 1. The van der Waals surface area contributed by atoms with Gasteiger partial charge in [-0.05, 0) is 43.6 Å². The van der Waals surface area contributed by atoms with Gasteiger partial charge in [-0.25, -0.2) is 0 Å². The van der Waals surface area contributed by atoms with Crippen LogP contribution in [-0.2, 0) is 11.2 Å². The van der Waals surface area contributed by atoms with Gasteiger partial charge in [-0.15, -0.1) is 0 Å². The van der Waals surface area contributed by atoms with Gasteiger partial charge in [0.15, 0.2) is 0 Å². The zero-order valence-electron chi connectivity index (χ0n) is 11.6. The predicted molar refractivity (Wildman–Crippen MR) is 76.0 cm³/mol. The number of benzene rings is 1. The monoisotopic (exact) mass is 260 g/mol. The van der Waals surface area contributed by atoms with Gasteiger partial charge in [0, 0.05) is 6.61 Å². The number of aliphatic hydroxyl groups is 1. The van der Waals surface area contributed by atoms with Crippen molar-refractivity contribution in [2.45, 2.75) is 56.7 Å². The Balaban J connectivity index is 1.71. The van der Waals surface area contributed by atoms with Gasteiger partial charge < -0.3 is 9.84 Å². The van der Waals surface area contributed by atoms with Crippen molar-refractivity contribution in [3.63, 3.8) is 0 Å². The van der Waals surface area contributed by atoms with Crippen LogP contribution in [0.4, 0.5) is 0 Å². The maximum Gasteiger partial charge on any atom is 0.0690 e. The molecule has 3 rings (SSSR count). The third kappa shape index (κ3) is 2.85. The number of hydrogen-bond acceptors (Lipinski definition) is 2. The zero-order valence-corrected chi connectivity index (χ0v) is 11.6. The second-order valence-corrected chi connectivity index (χ2v) is 6.21. The molecule has 2 fully saturated rings. The minimum absolute atomic E-state index is 0.152. The lowest BCUT2D eigenvalue weighted by Crippen LogP contribution is -2.25. The van der Waals surface area contributed by atoms with E-state index >= 15 is 0 Å². The van der Waals surface area contributed by atoms with Crippen molar-refractivity contribution in [3.05, 3.63) is 35.9 Å². The molecule has 2 aliphatic rings. The summed E-state index contributed by atoms with van der Waals surface area (Å²) in [5, 5.41) is 9.29. The summed E-state index contributed by atoms with van der Waals surface area (Å²) >= 11 is 0. The standard InChI is InChI=1S/C17H24O2/c18-11-8-15-13-17(9-4-5-10-17)19-16(15)12-14-6-2-1-3-7-14/h1-3,6-7,15-16,18H,4-5,8-13H2/t15-,16+/m0/s1. The highest BCUT2D eigenvalue weighted by atomic mass is 16.5. The van der Waals surface area contributed by atoms with Gasteiger partial charge in [0.2, 0.25) is 0 Å². The molecule has 0 bridgehead atoms. The second-order valence-electron chi connectivity index (χ2n) is 6.21. The SMILES string of the molecule is OCC[C@H]1CC2(CCCC2)O[C@@H]1Cc1ccccc1. The van der Waals surface area contributed by atoms with E-state index in [1.165, 1.54) is 31.2 Å². The first-order chi connectivity index (χ1) is 9.31. The van der Waals surface area contributed by atoms with Crippen molar-refractivity contribution >= 4 is 0 Å². The van der Waals surface area contributed by atoms with E-state index in [1.54, 1.807) is 0 Å². The average Bonchev–Trinajstić information content (AvgIpc) is 3.00. The summed E-state index contributed by atoms with van der Waals surface area (Å²) in [6.45, 7) is 0.287. The van der Waals surface area contributed by atoms with E-state index < -0.39 is 0 Å². The first-order valence-corrected chi connectivity index (χ1v) is 7.64. The molecule has 1 N–H and O–H groups in total. The minimum atomic E-state index is 0.152. The molecule has 2 heteroatoms. The van der Waals surface area contributed by atoms with E-state index in [1.807, 2.05) is 0 Å². The smallest absolute Gasteiger partial charge is 0.0690 e. The quantitative estimate of drug-likeness (QED) is 0.899. The van der Waals surface area contributed by atoms with Crippen molar-refractivity contribution in [3.8, 4) is 0 Å². The van der Waals surface area contributed by atoms with Gasteiger partial charge in [0.25, 0.3) is 0 Å². The van der Waals surface area contributed by atoms with Crippen LogP contribution in [0.15, 0.2) is 30.3 Å². The summed E-state index contributed by atoms with van der Waals surface area (Å²) < 4.78 is 6.47. The molecule has 1 saturated carbocycles. The number of rotatable bonds is 4. The fourth-order valence-corrected chi connectivity index (χ4v) is 3.92. The van der Waals surface area contributed by atoms with Crippen LogP contribution in [0, 0.1) is 5.92 Å². The lowest BCUT2D eigenvalue weighted by molar-refractivity contribution is -0.0407. The molecular weight excluding hydrogens is 236 g/mol. The predicted octanol–water partition coefficient (Wildman–Crippen LogP) is 3.33. The van der Waals surface area contributed by atoms with Crippen molar-refractivity contribution < 1.29 is 9.84 Å². The van der Waals surface area contributed by atoms with Crippen LogP contribution in [0.3, 0.4) is 0 Å². The summed E-state index contributed by atoms with van der Waals surface area (Å²) in [4.78, 5) is 0. The highest BCUT2D eigenvalue weighted by Crippen LogP contribution is 2.47. The molecule has 1 heterocycles. The Labute approximate surface area is 115 Å². The van der Waals surface area contributed by atoms with Gasteiger partial charge in [0.1, 0.15) is 0 Å². The van der Waals surface area contributed by atoms with E-state index in [9.17, 15) is 5.11 Å². The molecule has 104 valence electrons. The summed E-state index contributed by atoms with van der Waals surface area (Å²) in [6, 6.07) is 10.6. The molecule has 2 nitrogen and oxygen atoms in total. The van der Waals surface area contributed by atoms with E-state index in [-0.39, 0.29) is 12.2 Å². The van der Waals surface area contributed by atoms with Crippen molar-refractivity contribution in [1.82, 2.24) is 0 Å². The van der Waals surface area contributed by atoms with Crippen LogP contribution in [-0.4, -0.2) is 23.4 Å². The normalized spacial score (nSPS) is 29.1. The molecule has 1 aliphatic carbocycles. The van der Waals surface area contributed by atoms with Gasteiger partial charge in [-0.1, -0.05) is 43.2 Å². The van der Waals surface area contributed by atoms with Crippen LogP contribution < -0.4 is 0 Å². The van der Waals surface area contributed by atoms with Gasteiger partial charge in [-0.2, -0.15) is 0 Å². The molecule has 1 aliphatic heterocycles. The van der Waals surface area contributed by atoms with Gasteiger partial charge >= 0.3 is 0 Å². The van der Waals surface area contributed by atoms with Gasteiger partial charge in [-0.3, -0.25) is 0 Å². The lowest BCUT2D eigenvalue weighted by atomic mass is 9.87. The van der Waals surface area contributed by atoms with E-state index in [0.717, 1.165) is 19.3 Å².